The van der Waals surface area contributed by atoms with Gasteiger partial charge >= 0.3 is 0 Å². The average Bonchev–Trinajstić information content (AvgIpc) is 2.87. The van der Waals surface area contributed by atoms with Crippen LogP contribution < -0.4 is 5.73 Å². The van der Waals surface area contributed by atoms with E-state index < -0.39 is 0 Å². The Bertz CT molecular complexity index is 576. The molecule has 1 aromatic heterocycles. The van der Waals surface area contributed by atoms with Crippen molar-refractivity contribution in [3.05, 3.63) is 53.3 Å². The molecule has 1 heterocycles. The Hall–Kier alpha value is -1.65. The lowest BCUT2D eigenvalue weighted by atomic mass is 9.98. The van der Waals surface area contributed by atoms with Crippen LogP contribution in [0.4, 0.5) is 0 Å². The quantitative estimate of drug-likeness (QED) is 0.888. The molecule has 2 N–H and O–H groups in total. The topological polar surface area (TPSA) is 47.1 Å². The summed E-state index contributed by atoms with van der Waals surface area (Å²) in [5.41, 5.74) is 10.2. The standard InChI is InChI=1S/C17H26N4/c1-5-16(18)17(15-10-19-21(4)12-15)20(3)11-14-9-7-6-8-13(14)2/h6-10,12,16-17H,5,11,18H2,1-4H3. The third kappa shape index (κ3) is 3.71. The van der Waals surface area contributed by atoms with E-state index in [4.69, 9.17) is 5.73 Å². The van der Waals surface area contributed by atoms with Crippen LogP contribution in [0.15, 0.2) is 36.7 Å². The van der Waals surface area contributed by atoms with Gasteiger partial charge in [0, 0.05) is 31.4 Å². The highest BCUT2D eigenvalue weighted by Gasteiger charge is 2.24. The van der Waals surface area contributed by atoms with Gasteiger partial charge in [-0.1, -0.05) is 31.2 Å². The minimum absolute atomic E-state index is 0.100. The lowest BCUT2D eigenvalue weighted by Crippen LogP contribution is -2.38. The first-order valence-electron chi connectivity index (χ1n) is 7.51. The summed E-state index contributed by atoms with van der Waals surface area (Å²) in [5.74, 6) is 0. The van der Waals surface area contributed by atoms with Crippen molar-refractivity contribution < 1.29 is 0 Å². The molecule has 0 saturated carbocycles. The SMILES string of the molecule is CCC(N)C(c1cnn(C)c1)N(C)Cc1ccccc1C. The van der Waals surface area contributed by atoms with Crippen LogP contribution >= 0.6 is 0 Å². The van der Waals surface area contributed by atoms with Crippen LogP contribution in [0.2, 0.25) is 0 Å². The van der Waals surface area contributed by atoms with Gasteiger partial charge in [-0.3, -0.25) is 9.58 Å². The summed E-state index contributed by atoms with van der Waals surface area (Å²) >= 11 is 0. The zero-order chi connectivity index (χ0) is 15.4. The number of aryl methyl sites for hydroxylation is 2. The molecule has 0 fully saturated rings. The van der Waals surface area contributed by atoms with Gasteiger partial charge in [-0.15, -0.1) is 0 Å². The van der Waals surface area contributed by atoms with E-state index in [0.29, 0.717) is 0 Å². The molecule has 114 valence electrons. The molecular weight excluding hydrogens is 260 g/mol. The summed E-state index contributed by atoms with van der Waals surface area (Å²) in [5, 5.41) is 4.30. The Morgan fingerprint density at radius 3 is 2.62 bits per heavy atom. The first-order chi connectivity index (χ1) is 10.0. The van der Waals surface area contributed by atoms with E-state index in [1.54, 1.807) is 0 Å². The summed E-state index contributed by atoms with van der Waals surface area (Å²) < 4.78 is 1.84. The maximum Gasteiger partial charge on any atom is 0.0538 e. The average molecular weight is 286 g/mol. The number of nitrogens with two attached hydrogens (primary N) is 1. The van der Waals surface area contributed by atoms with Crippen molar-refractivity contribution in [3.63, 3.8) is 0 Å². The van der Waals surface area contributed by atoms with E-state index in [1.807, 2.05) is 17.9 Å². The fraction of sp³-hybridized carbons (Fsp3) is 0.471. The number of aromatic nitrogens is 2. The van der Waals surface area contributed by atoms with Gasteiger partial charge in [0.25, 0.3) is 0 Å². The van der Waals surface area contributed by atoms with E-state index in [1.165, 1.54) is 16.7 Å². The highest BCUT2D eigenvalue weighted by Crippen LogP contribution is 2.25. The molecule has 0 spiro atoms. The molecular formula is C17H26N4. The molecule has 0 aliphatic carbocycles. The van der Waals surface area contributed by atoms with Gasteiger partial charge in [-0.2, -0.15) is 5.10 Å². The van der Waals surface area contributed by atoms with Crippen molar-refractivity contribution in [2.45, 2.75) is 38.9 Å². The van der Waals surface area contributed by atoms with Gasteiger partial charge in [-0.05, 0) is 31.5 Å². The molecule has 4 nitrogen and oxygen atoms in total. The Morgan fingerprint density at radius 2 is 2.05 bits per heavy atom. The number of nitrogens with zero attached hydrogens (tertiary/aromatic N) is 3. The smallest absolute Gasteiger partial charge is 0.0538 e. The normalized spacial score (nSPS) is 14.4. The van der Waals surface area contributed by atoms with Gasteiger partial charge in [0.2, 0.25) is 0 Å². The van der Waals surface area contributed by atoms with Gasteiger partial charge < -0.3 is 5.73 Å². The Morgan fingerprint density at radius 1 is 1.33 bits per heavy atom. The molecule has 1 aromatic carbocycles. The summed E-state index contributed by atoms with van der Waals surface area (Å²) in [6.07, 6.45) is 4.93. The van der Waals surface area contributed by atoms with Crippen LogP contribution in [0.25, 0.3) is 0 Å². The van der Waals surface area contributed by atoms with E-state index >= 15 is 0 Å². The molecule has 2 unspecified atom stereocenters. The Balaban J connectivity index is 2.22. The van der Waals surface area contributed by atoms with Crippen LogP contribution in [0, 0.1) is 6.92 Å². The summed E-state index contributed by atoms with van der Waals surface area (Å²) in [6.45, 7) is 5.18. The lowest BCUT2D eigenvalue weighted by molar-refractivity contribution is 0.201. The predicted molar refractivity (Wildman–Crippen MR) is 86.9 cm³/mol. The largest absolute Gasteiger partial charge is 0.326 e. The molecule has 2 rings (SSSR count). The second-order valence-electron chi connectivity index (χ2n) is 5.81. The summed E-state index contributed by atoms with van der Waals surface area (Å²) in [6, 6.07) is 8.79. The van der Waals surface area contributed by atoms with Crippen molar-refractivity contribution in [2.24, 2.45) is 12.8 Å². The molecule has 0 aliphatic heterocycles. The lowest BCUT2D eigenvalue weighted by Gasteiger charge is -2.32. The number of rotatable bonds is 6. The zero-order valence-corrected chi connectivity index (χ0v) is 13.5. The van der Waals surface area contributed by atoms with E-state index in [-0.39, 0.29) is 12.1 Å². The van der Waals surface area contributed by atoms with E-state index in [0.717, 1.165) is 13.0 Å². The molecule has 0 radical (unpaired) electrons. The number of hydrogen-bond acceptors (Lipinski definition) is 3. The third-order valence-electron chi connectivity index (χ3n) is 4.10. The Labute approximate surface area is 127 Å². The number of benzene rings is 1. The number of hydrogen-bond donors (Lipinski definition) is 1. The molecule has 0 aliphatic rings. The first-order valence-corrected chi connectivity index (χ1v) is 7.51. The van der Waals surface area contributed by atoms with Crippen LogP contribution in [0.5, 0.6) is 0 Å². The predicted octanol–water partition coefficient (Wildman–Crippen LogP) is 2.64. The molecule has 0 bridgehead atoms. The van der Waals surface area contributed by atoms with Crippen molar-refractivity contribution in [3.8, 4) is 0 Å². The zero-order valence-electron chi connectivity index (χ0n) is 13.5. The highest BCUT2D eigenvalue weighted by atomic mass is 15.2. The van der Waals surface area contributed by atoms with Crippen molar-refractivity contribution >= 4 is 0 Å². The maximum absolute atomic E-state index is 6.37. The van der Waals surface area contributed by atoms with Gasteiger partial charge in [0.1, 0.15) is 0 Å². The van der Waals surface area contributed by atoms with Gasteiger partial charge in [0.15, 0.2) is 0 Å². The molecule has 4 heteroatoms. The second-order valence-corrected chi connectivity index (χ2v) is 5.81. The molecule has 0 saturated heterocycles. The highest BCUT2D eigenvalue weighted by molar-refractivity contribution is 5.26. The van der Waals surface area contributed by atoms with Crippen LogP contribution in [-0.4, -0.2) is 27.8 Å². The first kappa shape index (κ1) is 15.7. The van der Waals surface area contributed by atoms with Crippen LogP contribution in [0.1, 0.15) is 36.1 Å². The fourth-order valence-corrected chi connectivity index (χ4v) is 2.80. The van der Waals surface area contributed by atoms with E-state index in [9.17, 15) is 0 Å². The van der Waals surface area contributed by atoms with Crippen LogP contribution in [0.3, 0.4) is 0 Å². The summed E-state index contributed by atoms with van der Waals surface area (Å²) in [7, 11) is 4.08. The van der Waals surface area contributed by atoms with Gasteiger partial charge in [0.05, 0.1) is 12.2 Å². The maximum atomic E-state index is 6.37. The Kier molecular flexibility index (Phi) is 5.15. The third-order valence-corrected chi connectivity index (χ3v) is 4.10. The van der Waals surface area contributed by atoms with Crippen LogP contribution in [-0.2, 0) is 13.6 Å². The summed E-state index contributed by atoms with van der Waals surface area (Å²) in [4.78, 5) is 2.33. The monoisotopic (exact) mass is 286 g/mol. The molecule has 21 heavy (non-hydrogen) atoms. The van der Waals surface area contributed by atoms with Gasteiger partial charge in [-0.25, -0.2) is 0 Å². The number of likely N-dealkylation sites (N-methyl/N-ethyl adjacent to an activating group) is 1. The minimum atomic E-state index is 0.100. The molecule has 0 amide bonds. The second kappa shape index (κ2) is 6.87. The molecule has 2 aromatic rings. The van der Waals surface area contributed by atoms with Crippen molar-refractivity contribution in [1.82, 2.24) is 14.7 Å². The molecule has 2 atom stereocenters. The van der Waals surface area contributed by atoms with E-state index in [2.05, 4.69) is 61.4 Å². The van der Waals surface area contributed by atoms with Crippen molar-refractivity contribution in [2.75, 3.05) is 7.05 Å². The fourth-order valence-electron chi connectivity index (χ4n) is 2.80. The van der Waals surface area contributed by atoms with Crippen molar-refractivity contribution in [1.29, 1.82) is 0 Å². The minimum Gasteiger partial charge on any atom is -0.326 e.